The van der Waals surface area contributed by atoms with Gasteiger partial charge in [0.05, 0.1) is 0 Å². The number of carbonyl (C=O) groups excluding carboxylic acids is 3. The fourth-order valence-corrected chi connectivity index (χ4v) is 7.04. The molecular formula is C52H94O6. The van der Waals surface area contributed by atoms with E-state index in [9.17, 15) is 14.4 Å². The average Bonchev–Trinajstić information content (AvgIpc) is 3.22. The Bertz CT molecular complexity index is 984. The minimum Gasteiger partial charge on any atom is -0.462 e. The van der Waals surface area contributed by atoms with Crippen LogP contribution >= 0.6 is 0 Å². The maximum absolute atomic E-state index is 12.7. The van der Waals surface area contributed by atoms with Gasteiger partial charge in [0.2, 0.25) is 0 Å². The molecule has 0 aliphatic rings. The monoisotopic (exact) mass is 815 g/mol. The molecule has 338 valence electrons. The Balaban J connectivity index is 4.32. The first-order valence-electron chi connectivity index (χ1n) is 25.0. The van der Waals surface area contributed by atoms with E-state index in [4.69, 9.17) is 14.2 Å². The van der Waals surface area contributed by atoms with Crippen molar-refractivity contribution in [2.75, 3.05) is 13.2 Å². The Labute approximate surface area is 359 Å². The van der Waals surface area contributed by atoms with Gasteiger partial charge in [-0.3, -0.25) is 14.4 Å². The molecule has 0 aliphatic heterocycles. The van der Waals surface area contributed by atoms with Crippen molar-refractivity contribution in [3.05, 3.63) is 36.5 Å². The van der Waals surface area contributed by atoms with Crippen molar-refractivity contribution < 1.29 is 28.6 Å². The summed E-state index contributed by atoms with van der Waals surface area (Å²) in [5, 5.41) is 0. The number of rotatable bonds is 45. The first-order chi connectivity index (χ1) is 28.5. The van der Waals surface area contributed by atoms with E-state index in [0.29, 0.717) is 19.3 Å². The average molecular weight is 815 g/mol. The number of hydrogen-bond donors (Lipinski definition) is 0. The van der Waals surface area contributed by atoms with Gasteiger partial charge >= 0.3 is 17.9 Å². The van der Waals surface area contributed by atoms with Crippen LogP contribution in [0.15, 0.2) is 36.5 Å². The highest BCUT2D eigenvalue weighted by atomic mass is 16.6. The van der Waals surface area contributed by atoms with E-state index in [1.54, 1.807) is 0 Å². The van der Waals surface area contributed by atoms with Crippen molar-refractivity contribution >= 4 is 17.9 Å². The lowest BCUT2D eigenvalue weighted by Crippen LogP contribution is -2.30. The standard InChI is InChI=1S/C52H94O6/c1-4-7-10-13-16-19-22-23-24-25-26-27-28-31-33-36-39-42-45-51(54)57-48-49(58-52(55)46-43-40-37-34-30-21-18-15-12-9-6-3)47-56-50(53)44-41-38-35-32-29-20-17-14-11-8-5-2/h15,18-19,22,24-25,49H,4-14,16-17,20-21,23,26-48H2,1-3H3/b18-15-,22-19-,25-24-. The number of unbranched alkanes of at least 4 members (excludes halogenated alkanes) is 28. The zero-order chi connectivity index (χ0) is 42.3. The SMILES string of the molecule is CCCC/C=C\CCCCCCCC(=O)OC(COC(=O)CCCCCCCCC/C=C\C/C=C\CCCCCC)COC(=O)CCCCCCCCCCCCC. The summed E-state index contributed by atoms with van der Waals surface area (Å²) in [6.07, 6.45) is 54.1. The van der Waals surface area contributed by atoms with E-state index in [1.807, 2.05) is 0 Å². The van der Waals surface area contributed by atoms with E-state index < -0.39 is 6.10 Å². The number of allylic oxidation sites excluding steroid dienone is 6. The minimum atomic E-state index is -0.774. The van der Waals surface area contributed by atoms with Crippen molar-refractivity contribution in [1.29, 1.82) is 0 Å². The van der Waals surface area contributed by atoms with Crippen LogP contribution in [-0.2, 0) is 28.6 Å². The minimum absolute atomic E-state index is 0.0757. The fourth-order valence-electron chi connectivity index (χ4n) is 7.04. The van der Waals surface area contributed by atoms with E-state index >= 15 is 0 Å². The molecule has 0 aromatic rings. The van der Waals surface area contributed by atoms with Crippen LogP contribution in [0.5, 0.6) is 0 Å². The van der Waals surface area contributed by atoms with E-state index in [0.717, 1.165) is 83.5 Å². The maximum Gasteiger partial charge on any atom is 0.306 e. The van der Waals surface area contributed by atoms with Gasteiger partial charge in [0, 0.05) is 19.3 Å². The van der Waals surface area contributed by atoms with Gasteiger partial charge in [0.15, 0.2) is 6.10 Å². The Morgan fingerprint density at radius 3 is 1.03 bits per heavy atom. The third kappa shape index (κ3) is 44.7. The van der Waals surface area contributed by atoms with Crippen LogP contribution in [0, 0.1) is 0 Å². The molecule has 6 nitrogen and oxygen atoms in total. The van der Waals surface area contributed by atoms with Crippen molar-refractivity contribution in [1.82, 2.24) is 0 Å². The summed E-state index contributed by atoms with van der Waals surface area (Å²) in [5.74, 6) is -0.888. The highest BCUT2D eigenvalue weighted by molar-refractivity contribution is 5.71. The molecule has 58 heavy (non-hydrogen) atoms. The molecule has 0 saturated heterocycles. The smallest absolute Gasteiger partial charge is 0.306 e. The van der Waals surface area contributed by atoms with Crippen LogP contribution < -0.4 is 0 Å². The molecule has 0 bridgehead atoms. The summed E-state index contributed by atoms with van der Waals surface area (Å²) in [6, 6.07) is 0. The predicted octanol–water partition coefficient (Wildman–Crippen LogP) is 16.1. The summed E-state index contributed by atoms with van der Waals surface area (Å²) in [7, 11) is 0. The van der Waals surface area contributed by atoms with Gasteiger partial charge < -0.3 is 14.2 Å². The van der Waals surface area contributed by atoms with E-state index in [-0.39, 0.29) is 31.1 Å². The molecule has 0 aromatic heterocycles. The molecule has 0 amide bonds. The molecule has 0 aliphatic carbocycles. The zero-order valence-corrected chi connectivity index (χ0v) is 38.6. The van der Waals surface area contributed by atoms with Gasteiger partial charge in [-0.1, -0.05) is 205 Å². The Hall–Kier alpha value is -2.37. The van der Waals surface area contributed by atoms with Crippen LogP contribution in [0.3, 0.4) is 0 Å². The largest absolute Gasteiger partial charge is 0.462 e. The number of ether oxygens (including phenoxy) is 3. The summed E-state index contributed by atoms with van der Waals surface area (Å²) in [4.78, 5) is 37.8. The van der Waals surface area contributed by atoms with Gasteiger partial charge in [-0.05, 0) is 70.6 Å². The van der Waals surface area contributed by atoms with Gasteiger partial charge in [0.25, 0.3) is 0 Å². The summed E-state index contributed by atoms with van der Waals surface area (Å²) >= 11 is 0. The molecule has 0 N–H and O–H groups in total. The van der Waals surface area contributed by atoms with Crippen molar-refractivity contribution in [2.24, 2.45) is 0 Å². The molecule has 6 heteroatoms. The normalized spacial score (nSPS) is 12.3. The lowest BCUT2D eigenvalue weighted by atomic mass is 10.1. The zero-order valence-electron chi connectivity index (χ0n) is 38.6. The molecule has 0 aromatic carbocycles. The van der Waals surface area contributed by atoms with Crippen LogP contribution in [0.2, 0.25) is 0 Å². The lowest BCUT2D eigenvalue weighted by molar-refractivity contribution is -0.167. The number of carbonyl (C=O) groups is 3. The Morgan fingerprint density at radius 1 is 0.345 bits per heavy atom. The van der Waals surface area contributed by atoms with Crippen molar-refractivity contribution in [3.63, 3.8) is 0 Å². The molecule has 1 atom stereocenters. The Morgan fingerprint density at radius 2 is 0.638 bits per heavy atom. The van der Waals surface area contributed by atoms with Gasteiger partial charge in [-0.15, -0.1) is 0 Å². The van der Waals surface area contributed by atoms with Crippen LogP contribution in [0.25, 0.3) is 0 Å². The van der Waals surface area contributed by atoms with Crippen molar-refractivity contribution in [2.45, 2.75) is 264 Å². The van der Waals surface area contributed by atoms with Crippen molar-refractivity contribution in [3.8, 4) is 0 Å². The first-order valence-corrected chi connectivity index (χ1v) is 25.0. The quantitative estimate of drug-likeness (QED) is 0.0264. The summed E-state index contributed by atoms with van der Waals surface area (Å²) in [6.45, 7) is 6.57. The molecular weight excluding hydrogens is 721 g/mol. The van der Waals surface area contributed by atoms with Gasteiger partial charge in [-0.2, -0.15) is 0 Å². The number of hydrogen-bond acceptors (Lipinski definition) is 6. The molecule has 0 rings (SSSR count). The Kier molecular flexibility index (Phi) is 45.4. The predicted molar refractivity (Wildman–Crippen MR) is 247 cm³/mol. The van der Waals surface area contributed by atoms with E-state index in [2.05, 4.69) is 57.2 Å². The summed E-state index contributed by atoms with van der Waals surface area (Å²) in [5.41, 5.74) is 0. The second-order valence-electron chi connectivity index (χ2n) is 16.7. The molecule has 0 radical (unpaired) electrons. The molecule has 0 heterocycles. The first kappa shape index (κ1) is 55.6. The fraction of sp³-hybridized carbons (Fsp3) is 0.827. The van der Waals surface area contributed by atoms with E-state index in [1.165, 1.54) is 135 Å². The molecule has 1 unspecified atom stereocenters. The number of esters is 3. The third-order valence-electron chi connectivity index (χ3n) is 10.9. The highest BCUT2D eigenvalue weighted by Crippen LogP contribution is 2.15. The molecule has 0 fully saturated rings. The molecule has 0 spiro atoms. The second kappa shape index (κ2) is 47.3. The second-order valence-corrected chi connectivity index (χ2v) is 16.7. The van der Waals surface area contributed by atoms with Gasteiger partial charge in [0.1, 0.15) is 13.2 Å². The molecule has 0 saturated carbocycles. The van der Waals surface area contributed by atoms with Gasteiger partial charge in [-0.25, -0.2) is 0 Å². The third-order valence-corrected chi connectivity index (χ3v) is 10.9. The van der Waals surface area contributed by atoms with Crippen LogP contribution in [0.1, 0.15) is 258 Å². The maximum atomic E-state index is 12.7. The van der Waals surface area contributed by atoms with Crippen LogP contribution in [-0.4, -0.2) is 37.2 Å². The highest BCUT2D eigenvalue weighted by Gasteiger charge is 2.19. The lowest BCUT2D eigenvalue weighted by Gasteiger charge is -2.18. The van der Waals surface area contributed by atoms with Crippen LogP contribution in [0.4, 0.5) is 0 Å². The topological polar surface area (TPSA) is 78.9 Å². The summed E-state index contributed by atoms with van der Waals surface area (Å²) < 4.78 is 16.7.